The first kappa shape index (κ1) is 26.4. The summed E-state index contributed by atoms with van der Waals surface area (Å²) in [6.07, 6.45) is -0.869. The third-order valence-electron chi connectivity index (χ3n) is 10.5. The van der Waals surface area contributed by atoms with Crippen LogP contribution in [0.5, 0.6) is 0 Å². The fraction of sp³-hybridized carbons (Fsp3) is 0.704. The monoisotopic (exact) mass is 518 g/mol. The fourth-order valence-corrected chi connectivity index (χ4v) is 9.49. The van der Waals surface area contributed by atoms with Gasteiger partial charge in [-0.25, -0.2) is 4.79 Å². The number of aliphatic carboxylic acids is 2. The second-order valence-electron chi connectivity index (χ2n) is 11.6. The van der Waals surface area contributed by atoms with E-state index in [4.69, 9.17) is 15.3 Å². The molecule has 1 aromatic rings. The van der Waals surface area contributed by atoms with Crippen LogP contribution in [0.4, 0.5) is 5.69 Å². The number of benzene rings is 1. The van der Waals surface area contributed by atoms with E-state index in [1.807, 2.05) is 0 Å². The van der Waals surface area contributed by atoms with Crippen molar-refractivity contribution in [3.05, 3.63) is 29.8 Å². The van der Waals surface area contributed by atoms with E-state index in [0.29, 0.717) is 35.9 Å². The number of hydrogen-bond acceptors (Lipinski definition) is 8. The summed E-state index contributed by atoms with van der Waals surface area (Å²) in [4.78, 5) is 21.9. The number of rotatable bonds is 6. The molecule has 1 aromatic carbocycles. The Balaban J connectivity index is 0.000000241. The molecule has 1 spiro atoms. The number of likely N-dealkylation sites (N-methyl/N-ethyl adjacent to an activating group) is 1. The zero-order chi connectivity index (χ0) is 27.0. The molecule has 6 aliphatic rings. The Hall–Kier alpha value is -2.24. The minimum Gasteiger partial charge on any atom is -0.547 e. The van der Waals surface area contributed by atoms with Crippen molar-refractivity contribution in [2.75, 3.05) is 18.5 Å². The average Bonchev–Trinajstić information content (AvgIpc) is 3.26. The van der Waals surface area contributed by atoms with Crippen LogP contribution < -0.4 is 10.0 Å². The highest BCUT2D eigenvalue weighted by Crippen LogP contribution is 2.71. The van der Waals surface area contributed by atoms with Gasteiger partial charge in [0.15, 0.2) is 12.3 Å². The molecule has 1 unspecified atom stereocenters. The highest BCUT2D eigenvalue weighted by atomic mass is 16.4. The van der Waals surface area contributed by atoms with Crippen LogP contribution in [0.15, 0.2) is 24.3 Å². The van der Waals surface area contributed by atoms with Gasteiger partial charge in [-0.05, 0) is 30.4 Å². The molecule has 5 aliphatic heterocycles. The number of piperidine rings is 4. The number of carboxylic acid groups (broad SMARTS) is 2. The van der Waals surface area contributed by atoms with E-state index in [1.54, 1.807) is 0 Å². The van der Waals surface area contributed by atoms with Crippen molar-refractivity contribution in [2.45, 2.75) is 87.6 Å². The van der Waals surface area contributed by atoms with E-state index in [-0.39, 0.29) is 17.7 Å². The van der Waals surface area contributed by atoms with Crippen molar-refractivity contribution in [3.63, 3.8) is 0 Å². The molecular weight excluding hydrogens is 480 g/mol. The predicted molar refractivity (Wildman–Crippen MR) is 130 cm³/mol. The molecule has 7 rings (SSSR count). The highest BCUT2D eigenvalue weighted by molar-refractivity contribution is 5.82. The lowest BCUT2D eigenvalue weighted by molar-refractivity contribution is -1.04. The molecule has 5 bridgehead atoms. The maximum absolute atomic E-state index is 11.9. The van der Waals surface area contributed by atoms with E-state index in [1.165, 1.54) is 17.7 Å². The number of carbonyl (C=O) groups is 2. The number of hydrogen-bond donors (Lipinski definition) is 5. The molecule has 1 saturated carbocycles. The number of aliphatic hydroxyl groups is 4. The Morgan fingerprint density at radius 3 is 2.41 bits per heavy atom. The summed E-state index contributed by atoms with van der Waals surface area (Å²) in [5.74, 6) is -2.65. The van der Waals surface area contributed by atoms with Crippen molar-refractivity contribution < 1.29 is 44.7 Å². The molecule has 0 radical (unpaired) electrons. The van der Waals surface area contributed by atoms with Gasteiger partial charge in [0.2, 0.25) is 0 Å². The van der Waals surface area contributed by atoms with Gasteiger partial charge in [-0.1, -0.05) is 32.0 Å². The number of quaternary nitrogens is 1. The third kappa shape index (κ3) is 3.16. The number of nitrogens with zero attached hydrogens (tertiary/aromatic N) is 2. The third-order valence-corrected chi connectivity index (χ3v) is 10.5. The van der Waals surface area contributed by atoms with Gasteiger partial charge in [0.1, 0.15) is 12.1 Å². The van der Waals surface area contributed by atoms with E-state index in [2.05, 4.69) is 50.1 Å². The first-order valence-electron chi connectivity index (χ1n) is 13.4. The van der Waals surface area contributed by atoms with Crippen molar-refractivity contribution in [1.82, 2.24) is 0 Å². The quantitative estimate of drug-likeness (QED) is 0.298. The molecular formula is C27H38N2O8. The molecule has 4 saturated heterocycles. The van der Waals surface area contributed by atoms with Gasteiger partial charge in [-0.2, -0.15) is 0 Å². The summed E-state index contributed by atoms with van der Waals surface area (Å²) in [5, 5.41) is 57.7. The van der Waals surface area contributed by atoms with Crippen LogP contribution in [-0.2, 0) is 15.0 Å². The lowest BCUT2D eigenvalue weighted by atomic mass is 9.60. The Labute approximate surface area is 216 Å². The number of carbonyl (C=O) groups excluding carboxylic acids is 1. The Morgan fingerprint density at radius 1 is 1.16 bits per heavy atom. The summed E-state index contributed by atoms with van der Waals surface area (Å²) in [6, 6.07) is 9.97. The van der Waals surface area contributed by atoms with Gasteiger partial charge >= 0.3 is 5.97 Å². The zero-order valence-electron chi connectivity index (χ0n) is 21.5. The SMILES string of the molecule is CCC[N@+]12[C@H](O)[C@@H](CC)[C@H]3C[C@H]1[C@@H]1N(C)c4ccccc4[C@]14C[C@H]2[C@H]3C4O.O=C([O-])[C@H](O)[C@@H](O)C(=O)O. The van der Waals surface area contributed by atoms with Gasteiger partial charge in [0, 0.05) is 37.4 Å². The standard InChI is InChI=1S/C23H33N2O2.C4H6O6/c1-4-10-25-17-11-14(13(5-2)22(25)27)19-18(25)12-23(21(19)26)15-8-6-7-9-16(15)24(3)20(17)23;5-1(3(7)8)2(6)4(9)10/h6-9,13-14,17-22,26-27H,4-5,10-12H2,1-3H3;1-2,5-6H,(H,7,8)(H,9,10)/q+1;/p-1/t13-,14+,17-,18-,19-,20-,21?,22+,23+,25-;1-,2-/m01/s1. The Bertz CT molecular complexity index is 1070. The maximum Gasteiger partial charge on any atom is 0.335 e. The van der Waals surface area contributed by atoms with Crippen molar-refractivity contribution in [3.8, 4) is 0 Å². The summed E-state index contributed by atoms with van der Waals surface area (Å²) in [5.41, 5.74) is 2.56. The molecule has 10 nitrogen and oxygen atoms in total. The highest BCUT2D eigenvalue weighted by Gasteiger charge is 2.82. The molecule has 37 heavy (non-hydrogen) atoms. The van der Waals surface area contributed by atoms with Crippen LogP contribution in [0.3, 0.4) is 0 Å². The maximum atomic E-state index is 11.9. The molecule has 10 heteroatoms. The molecule has 1 aliphatic carbocycles. The average molecular weight is 519 g/mol. The lowest BCUT2D eigenvalue weighted by Gasteiger charge is -2.68. The van der Waals surface area contributed by atoms with Gasteiger partial charge < -0.3 is 40.3 Å². The second-order valence-corrected chi connectivity index (χ2v) is 11.6. The first-order chi connectivity index (χ1) is 17.5. The van der Waals surface area contributed by atoms with E-state index in [0.717, 1.165) is 30.3 Å². The minimum absolute atomic E-state index is 0.127. The Kier molecular flexibility index (Phi) is 6.35. The number of para-hydroxylation sites is 1. The van der Waals surface area contributed by atoms with Crippen molar-refractivity contribution in [2.24, 2.45) is 17.8 Å². The van der Waals surface area contributed by atoms with E-state index in [9.17, 15) is 24.9 Å². The topological polar surface area (TPSA) is 162 Å². The van der Waals surface area contributed by atoms with Crippen LogP contribution in [-0.4, -0.2) is 98.2 Å². The van der Waals surface area contributed by atoms with Crippen LogP contribution in [0.25, 0.3) is 0 Å². The Morgan fingerprint density at radius 2 is 1.84 bits per heavy atom. The summed E-state index contributed by atoms with van der Waals surface area (Å²) < 4.78 is 0.873. The number of aliphatic hydroxyl groups excluding tert-OH is 4. The van der Waals surface area contributed by atoms with Gasteiger partial charge in [0.05, 0.1) is 36.1 Å². The molecule has 204 valence electrons. The molecule has 5 heterocycles. The second kappa shape index (κ2) is 8.91. The summed E-state index contributed by atoms with van der Waals surface area (Å²) in [6.45, 7) is 5.56. The molecule has 12 atom stereocenters. The molecule has 5 fully saturated rings. The number of carboxylic acids is 2. The van der Waals surface area contributed by atoms with Crippen LogP contribution >= 0.6 is 0 Å². The smallest absolute Gasteiger partial charge is 0.335 e. The lowest BCUT2D eigenvalue weighted by Crippen LogP contribution is -2.83. The largest absolute Gasteiger partial charge is 0.547 e. The summed E-state index contributed by atoms with van der Waals surface area (Å²) >= 11 is 0. The summed E-state index contributed by atoms with van der Waals surface area (Å²) in [7, 11) is 2.23. The van der Waals surface area contributed by atoms with Crippen LogP contribution in [0, 0.1) is 17.8 Å². The van der Waals surface area contributed by atoms with Gasteiger partial charge in [-0.15, -0.1) is 0 Å². The number of anilines is 1. The van der Waals surface area contributed by atoms with E-state index < -0.39 is 24.1 Å². The fourth-order valence-electron chi connectivity index (χ4n) is 9.49. The molecule has 0 aromatic heterocycles. The van der Waals surface area contributed by atoms with Crippen molar-refractivity contribution >= 4 is 17.6 Å². The molecule has 0 amide bonds. The van der Waals surface area contributed by atoms with E-state index >= 15 is 0 Å². The van der Waals surface area contributed by atoms with Crippen molar-refractivity contribution in [1.29, 1.82) is 0 Å². The normalized spacial score (nSPS) is 43.5. The first-order valence-corrected chi connectivity index (χ1v) is 13.4. The van der Waals surface area contributed by atoms with Gasteiger partial charge in [-0.3, -0.25) is 4.48 Å². The molecule has 5 N–H and O–H groups in total. The predicted octanol–water partition coefficient (Wildman–Crippen LogP) is -0.978. The number of fused-ring (bicyclic) bond motifs is 2. The zero-order valence-corrected chi connectivity index (χ0v) is 21.5. The van der Waals surface area contributed by atoms with Crippen LogP contribution in [0.2, 0.25) is 0 Å². The minimum atomic E-state index is -2.38. The van der Waals surface area contributed by atoms with Gasteiger partial charge in [0.25, 0.3) is 0 Å². The van der Waals surface area contributed by atoms with Crippen LogP contribution in [0.1, 0.15) is 45.1 Å².